The first-order chi connectivity index (χ1) is 10.2. The smallest absolute Gasteiger partial charge is 0.240 e. The normalized spacial score (nSPS) is 24.2. The third-order valence-corrected chi connectivity index (χ3v) is 4.96. The minimum absolute atomic E-state index is 0.000162. The standard InChI is InChI=1S/C14H22N4O2S/c15-14-16-9-11(21-14)10-18-4-2-1-3-12(18)13(19)17-5-7-20-8-6-17/h9,12H,1-8,10H2,(H2,15,16). The summed E-state index contributed by atoms with van der Waals surface area (Å²) in [6.07, 6.45) is 5.05. The summed E-state index contributed by atoms with van der Waals surface area (Å²) in [5.41, 5.74) is 5.69. The number of carbonyl (C=O) groups excluding carboxylic acids is 1. The largest absolute Gasteiger partial charge is 0.378 e. The Morgan fingerprint density at radius 1 is 1.38 bits per heavy atom. The van der Waals surface area contributed by atoms with Gasteiger partial charge in [0.1, 0.15) is 0 Å². The van der Waals surface area contributed by atoms with Crippen molar-refractivity contribution in [1.82, 2.24) is 14.8 Å². The van der Waals surface area contributed by atoms with Gasteiger partial charge in [0.2, 0.25) is 5.91 Å². The Balaban J connectivity index is 1.67. The van der Waals surface area contributed by atoms with E-state index in [-0.39, 0.29) is 11.9 Å². The van der Waals surface area contributed by atoms with Gasteiger partial charge in [-0.15, -0.1) is 11.3 Å². The highest BCUT2D eigenvalue weighted by Crippen LogP contribution is 2.24. The molecule has 1 unspecified atom stereocenters. The minimum atomic E-state index is 0.000162. The van der Waals surface area contributed by atoms with Gasteiger partial charge in [0.15, 0.2) is 5.13 Å². The van der Waals surface area contributed by atoms with Crippen LogP contribution in [0.25, 0.3) is 0 Å². The van der Waals surface area contributed by atoms with Gasteiger partial charge in [-0.3, -0.25) is 9.69 Å². The van der Waals surface area contributed by atoms with Crippen molar-refractivity contribution in [2.45, 2.75) is 31.8 Å². The number of piperidine rings is 1. The van der Waals surface area contributed by atoms with E-state index in [9.17, 15) is 4.79 Å². The van der Waals surface area contributed by atoms with E-state index in [0.29, 0.717) is 18.3 Å². The summed E-state index contributed by atoms with van der Waals surface area (Å²) < 4.78 is 5.33. The number of morpholine rings is 1. The number of aromatic nitrogens is 1. The van der Waals surface area contributed by atoms with Crippen LogP contribution in [0.3, 0.4) is 0 Å². The Morgan fingerprint density at radius 3 is 2.90 bits per heavy atom. The summed E-state index contributed by atoms with van der Waals surface area (Å²) in [6.45, 7) is 4.50. The van der Waals surface area contributed by atoms with E-state index in [0.717, 1.165) is 50.3 Å². The first kappa shape index (κ1) is 14.7. The van der Waals surface area contributed by atoms with E-state index < -0.39 is 0 Å². The van der Waals surface area contributed by atoms with E-state index in [1.54, 1.807) is 0 Å². The number of nitrogen functional groups attached to an aromatic ring is 1. The van der Waals surface area contributed by atoms with Gasteiger partial charge < -0.3 is 15.4 Å². The lowest BCUT2D eigenvalue weighted by molar-refractivity contribution is -0.142. The van der Waals surface area contributed by atoms with Gasteiger partial charge in [-0.05, 0) is 19.4 Å². The van der Waals surface area contributed by atoms with Crippen LogP contribution in [0.5, 0.6) is 0 Å². The highest BCUT2D eigenvalue weighted by Gasteiger charge is 2.32. The first-order valence-electron chi connectivity index (χ1n) is 7.55. The maximum absolute atomic E-state index is 12.8. The van der Waals surface area contributed by atoms with Crippen LogP contribution in [0.15, 0.2) is 6.20 Å². The molecule has 1 atom stereocenters. The summed E-state index contributed by atoms with van der Waals surface area (Å²) in [5, 5.41) is 0.595. The Bertz CT molecular complexity index is 487. The molecular weight excluding hydrogens is 288 g/mol. The van der Waals surface area contributed by atoms with Crippen molar-refractivity contribution in [3.8, 4) is 0 Å². The molecule has 0 saturated carbocycles. The van der Waals surface area contributed by atoms with Crippen LogP contribution >= 0.6 is 11.3 Å². The topological polar surface area (TPSA) is 71.7 Å². The zero-order valence-corrected chi connectivity index (χ0v) is 13.0. The molecular formula is C14H22N4O2S. The molecule has 116 valence electrons. The SMILES string of the molecule is Nc1ncc(CN2CCCCC2C(=O)N2CCOCC2)s1. The molecule has 0 bridgehead atoms. The predicted octanol–water partition coefficient (Wildman–Crippen LogP) is 0.939. The van der Waals surface area contributed by atoms with Crippen molar-refractivity contribution in [3.05, 3.63) is 11.1 Å². The molecule has 2 N–H and O–H groups in total. The number of thiazole rings is 1. The van der Waals surface area contributed by atoms with Crippen LogP contribution in [0.1, 0.15) is 24.1 Å². The van der Waals surface area contributed by atoms with Gasteiger partial charge >= 0.3 is 0 Å². The monoisotopic (exact) mass is 310 g/mol. The molecule has 3 heterocycles. The number of ether oxygens (including phenoxy) is 1. The molecule has 1 amide bonds. The molecule has 0 aromatic carbocycles. The second kappa shape index (κ2) is 6.72. The fraction of sp³-hybridized carbons (Fsp3) is 0.714. The van der Waals surface area contributed by atoms with Crippen molar-refractivity contribution in [2.75, 3.05) is 38.6 Å². The Labute approximate surface area is 128 Å². The lowest BCUT2D eigenvalue weighted by atomic mass is 10.0. The summed E-state index contributed by atoms with van der Waals surface area (Å²) >= 11 is 1.51. The summed E-state index contributed by atoms with van der Waals surface area (Å²) in [4.78, 5) is 22.2. The number of carbonyl (C=O) groups is 1. The van der Waals surface area contributed by atoms with Gasteiger partial charge in [-0.25, -0.2) is 4.98 Å². The number of nitrogens with two attached hydrogens (primary N) is 1. The quantitative estimate of drug-likeness (QED) is 0.899. The van der Waals surface area contributed by atoms with Crippen LogP contribution in [-0.4, -0.2) is 59.6 Å². The molecule has 0 radical (unpaired) electrons. The molecule has 2 aliphatic heterocycles. The number of likely N-dealkylation sites (tertiary alicyclic amines) is 1. The van der Waals surface area contributed by atoms with Crippen molar-refractivity contribution < 1.29 is 9.53 Å². The molecule has 0 aliphatic carbocycles. The van der Waals surface area contributed by atoms with E-state index >= 15 is 0 Å². The molecule has 21 heavy (non-hydrogen) atoms. The third-order valence-electron chi connectivity index (χ3n) is 4.15. The zero-order chi connectivity index (χ0) is 14.7. The number of hydrogen-bond acceptors (Lipinski definition) is 6. The molecule has 0 spiro atoms. The van der Waals surface area contributed by atoms with Gasteiger partial charge in [0.25, 0.3) is 0 Å². The van der Waals surface area contributed by atoms with E-state index in [1.807, 2.05) is 11.1 Å². The number of nitrogens with zero attached hydrogens (tertiary/aromatic N) is 3. The second-order valence-corrected chi connectivity index (χ2v) is 6.73. The van der Waals surface area contributed by atoms with E-state index in [1.165, 1.54) is 11.3 Å². The average molecular weight is 310 g/mol. The van der Waals surface area contributed by atoms with Crippen LogP contribution in [0, 0.1) is 0 Å². The average Bonchev–Trinajstić information content (AvgIpc) is 2.93. The molecule has 1 aromatic heterocycles. The second-order valence-electron chi connectivity index (χ2n) is 5.58. The molecule has 3 rings (SSSR count). The van der Waals surface area contributed by atoms with Gasteiger partial charge in [0.05, 0.1) is 19.3 Å². The first-order valence-corrected chi connectivity index (χ1v) is 8.36. The maximum atomic E-state index is 12.8. The number of hydrogen-bond donors (Lipinski definition) is 1. The lowest BCUT2D eigenvalue weighted by Gasteiger charge is -2.38. The number of amides is 1. The Morgan fingerprint density at radius 2 is 2.19 bits per heavy atom. The highest BCUT2D eigenvalue weighted by atomic mass is 32.1. The van der Waals surface area contributed by atoms with Crippen molar-refractivity contribution in [2.24, 2.45) is 0 Å². The maximum Gasteiger partial charge on any atom is 0.240 e. The van der Waals surface area contributed by atoms with Gasteiger partial charge in [0, 0.05) is 30.7 Å². The molecule has 2 aliphatic rings. The molecule has 2 fully saturated rings. The fourth-order valence-electron chi connectivity index (χ4n) is 3.05. The zero-order valence-electron chi connectivity index (χ0n) is 12.2. The minimum Gasteiger partial charge on any atom is -0.378 e. The highest BCUT2D eigenvalue weighted by molar-refractivity contribution is 7.15. The van der Waals surface area contributed by atoms with Crippen LogP contribution in [0.2, 0.25) is 0 Å². The number of anilines is 1. The van der Waals surface area contributed by atoms with Crippen LogP contribution in [-0.2, 0) is 16.1 Å². The van der Waals surface area contributed by atoms with E-state index in [4.69, 9.17) is 10.5 Å². The third kappa shape index (κ3) is 3.53. The lowest BCUT2D eigenvalue weighted by Crippen LogP contribution is -2.53. The Hall–Kier alpha value is -1.18. The molecule has 7 heteroatoms. The number of rotatable bonds is 3. The van der Waals surface area contributed by atoms with Crippen molar-refractivity contribution in [3.63, 3.8) is 0 Å². The van der Waals surface area contributed by atoms with Crippen molar-refractivity contribution in [1.29, 1.82) is 0 Å². The van der Waals surface area contributed by atoms with Gasteiger partial charge in [-0.2, -0.15) is 0 Å². The van der Waals surface area contributed by atoms with Gasteiger partial charge in [-0.1, -0.05) is 6.42 Å². The van der Waals surface area contributed by atoms with Crippen LogP contribution < -0.4 is 5.73 Å². The van der Waals surface area contributed by atoms with Crippen LogP contribution in [0.4, 0.5) is 5.13 Å². The Kier molecular flexibility index (Phi) is 4.72. The summed E-state index contributed by atoms with van der Waals surface area (Å²) in [7, 11) is 0. The summed E-state index contributed by atoms with van der Waals surface area (Å²) in [6, 6.07) is 0.000162. The molecule has 2 saturated heterocycles. The molecule has 6 nitrogen and oxygen atoms in total. The predicted molar refractivity (Wildman–Crippen MR) is 82.0 cm³/mol. The fourth-order valence-corrected chi connectivity index (χ4v) is 3.76. The van der Waals surface area contributed by atoms with E-state index in [2.05, 4.69) is 9.88 Å². The molecule has 1 aromatic rings. The van der Waals surface area contributed by atoms with Crippen molar-refractivity contribution >= 4 is 22.4 Å². The summed E-state index contributed by atoms with van der Waals surface area (Å²) in [5.74, 6) is 0.260.